The molecule has 0 heterocycles. The molecule has 5 heteroatoms. The van der Waals surface area contributed by atoms with Gasteiger partial charge in [-0.2, -0.15) is 0 Å². The van der Waals surface area contributed by atoms with Gasteiger partial charge in [-0.15, -0.1) is 0 Å². The summed E-state index contributed by atoms with van der Waals surface area (Å²) in [7, 11) is 0. The molecule has 0 atom stereocenters. The molecule has 0 aromatic heterocycles. The third-order valence-corrected chi connectivity index (χ3v) is 7.18. The Hall–Kier alpha value is -0.390. The van der Waals surface area contributed by atoms with Crippen LogP contribution in [0.1, 0.15) is 70.8 Å². The molecule has 0 N–H and O–H groups in total. The van der Waals surface area contributed by atoms with Crippen molar-refractivity contribution in [3.8, 4) is 5.75 Å². The second-order valence-corrected chi connectivity index (χ2v) is 8.66. The lowest BCUT2D eigenvalue weighted by Crippen LogP contribution is -2.29. The first-order chi connectivity index (χ1) is 12.6. The van der Waals surface area contributed by atoms with E-state index in [0.29, 0.717) is 11.9 Å². The Morgan fingerprint density at radius 3 is 2.42 bits per heavy atom. The maximum atomic E-state index is 12.5. The lowest BCUT2D eigenvalue weighted by atomic mass is 9.87. The third-order valence-electron chi connectivity index (χ3n) is 4.95. The van der Waals surface area contributed by atoms with Crippen LogP contribution in [0, 0.1) is 5.92 Å². The second-order valence-electron chi connectivity index (χ2n) is 7.07. The number of carbonyl (C=O) groups excluding carboxylic acids is 1. The maximum Gasteiger partial charge on any atom is 0.314 e. The minimum Gasteiger partial charge on any atom is -0.425 e. The molecule has 0 unspecified atom stereocenters. The third kappa shape index (κ3) is 6.35. The highest BCUT2D eigenvalue weighted by atomic mass is 79.9. The molecule has 1 aromatic carbocycles. The molecule has 1 fully saturated rings. The van der Waals surface area contributed by atoms with Gasteiger partial charge in [-0.25, -0.2) is 0 Å². The zero-order valence-corrected chi connectivity index (χ0v) is 19.0. The number of benzene rings is 1. The van der Waals surface area contributed by atoms with Gasteiger partial charge in [0, 0.05) is 11.1 Å². The normalized spacial score (nSPS) is 20.2. The quantitative estimate of drug-likeness (QED) is 0.216. The van der Waals surface area contributed by atoms with Gasteiger partial charge in [-0.1, -0.05) is 32.8 Å². The van der Waals surface area contributed by atoms with Crippen molar-refractivity contribution in [2.24, 2.45) is 5.92 Å². The molecule has 1 aliphatic rings. The van der Waals surface area contributed by atoms with E-state index in [1.165, 1.54) is 24.8 Å². The number of halogens is 2. The van der Waals surface area contributed by atoms with Crippen LogP contribution < -0.4 is 4.74 Å². The molecule has 2 rings (SSSR count). The zero-order chi connectivity index (χ0) is 18.9. The number of hydrogen-bond donors (Lipinski definition) is 0. The number of hydrogen-bond acceptors (Lipinski definition) is 3. The van der Waals surface area contributed by atoms with Crippen LogP contribution in [-0.2, 0) is 16.0 Å². The number of unbranched alkanes of at least 4 members (excludes halogenated alkanes) is 2. The average molecular weight is 490 g/mol. The molecule has 0 amide bonds. The molecule has 0 aliphatic heterocycles. The predicted molar refractivity (Wildman–Crippen MR) is 113 cm³/mol. The van der Waals surface area contributed by atoms with Crippen LogP contribution in [0.15, 0.2) is 21.1 Å². The van der Waals surface area contributed by atoms with Gasteiger partial charge in [0.25, 0.3) is 0 Å². The first-order valence-electron chi connectivity index (χ1n) is 9.86. The molecule has 146 valence electrons. The highest BCUT2D eigenvalue weighted by Gasteiger charge is 2.28. The van der Waals surface area contributed by atoms with Crippen molar-refractivity contribution in [1.29, 1.82) is 0 Å². The smallest absolute Gasteiger partial charge is 0.314 e. The van der Waals surface area contributed by atoms with Gasteiger partial charge in [0.15, 0.2) is 0 Å². The van der Waals surface area contributed by atoms with Gasteiger partial charge in [-0.3, -0.25) is 4.79 Å². The number of carbonyl (C=O) groups is 1. The first kappa shape index (κ1) is 21.9. The van der Waals surface area contributed by atoms with Crippen molar-refractivity contribution in [3.05, 3.63) is 26.6 Å². The van der Waals surface area contributed by atoms with Crippen LogP contribution in [0.4, 0.5) is 0 Å². The fourth-order valence-corrected chi connectivity index (χ4v) is 4.34. The Morgan fingerprint density at radius 2 is 1.77 bits per heavy atom. The summed E-state index contributed by atoms with van der Waals surface area (Å²) in [5.41, 5.74) is 1.25. The molecule has 1 aliphatic carbocycles. The minimum absolute atomic E-state index is 0.0219. The van der Waals surface area contributed by atoms with E-state index in [2.05, 4.69) is 51.8 Å². The number of rotatable bonds is 9. The minimum atomic E-state index is -0.120. The number of aryl methyl sites for hydroxylation is 1. The van der Waals surface area contributed by atoms with Crippen LogP contribution in [0.25, 0.3) is 0 Å². The highest BCUT2D eigenvalue weighted by molar-refractivity contribution is 9.13. The molecule has 3 nitrogen and oxygen atoms in total. The summed E-state index contributed by atoms with van der Waals surface area (Å²) in [5.74, 6) is 0.460. The Morgan fingerprint density at radius 1 is 1.04 bits per heavy atom. The zero-order valence-electron chi connectivity index (χ0n) is 15.9. The summed E-state index contributed by atoms with van der Waals surface area (Å²) in [5, 5.41) is 0. The molecule has 0 radical (unpaired) electrons. The van der Waals surface area contributed by atoms with Gasteiger partial charge in [0.1, 0.15) is 5.75 Å². The number of ether oxygens (including phenoxy) is 2. The summed E-state index contributed by atoms with van der Waals surface area (Å²) in [6.45, 7) is 5.14. The van der Waals surface area contributed by atoms with E-state index in [-0.39, 0.29) is 11.9 Å². The van der Waals surface area contributed by atoms with E-state index < -0.39 is 0 Å². The van der Waals surface area contributed by atoms with Crippen molar-refractivity contribution in [3.63, 3.8) is 0 Å². The fraction of sp³-hybridized carbons (Fsp3) is 0.667. The molecule has 0 spiro atoms. The van der Waals surface area contributed by atoms with Crippen molar-refractivity contribution in [2.45, 2.75) is 77.7 Å². The molecule has 1 aromatic rings. The van der Waals surface area contributed by atoms with Gasteiger partial charge >= 0.3 is 5.97 Å². The Kier molecular flexibility index (Phi) is 9.65. The summed E-state index contributed by atoms with van der Waals surface area (Å²) in [6, 6.07) is 3.96. The van der Waals surface area contributed by atoms with Crippen molar-refractivity contribution in [1.82, 2.24) is 0 Å². The molecule has 26 heavy (non-hydrogen) atoms. The van der Waals surface area contributed by atoms with Crippen LogP contribution >= 0.6 is 31.9 Å². The van der Waals surface area contributed by atoms with Crippen LogP contribution in [0.3, 0.4) is 0 Å². The predicted octanol–water partition coefficient (Wildman–Crippen LogP) is 6.84. The van der Waals surface area contributed by atoms with Crippen LogP contribution in [0.2, 0.25) is 0 Å². The maximum absolute atomic E-state index is 12.5. The molecular weight excluding hydrogens is 460 g/mol. The lowest BCUT2D eigenvalue weighted by molar-refractivity contribution is -0.141. The monoisotopic (exact) mass is 488 g/mol. The number of esters is 1. The standard InChI is InChI=1S/C21H30Br2O3/c1-3-5-6-7-15-10-13-18(20(23)19(15)22)26-21(24)16-8-11-17(12-9-16)25-14-4-2/h10,13,16-17H,3-9,11-12,14H2,1-2H3. The average Bonchev–Trinajstić information content (AvgIpc) is 2.66. The van der Waals surface area contributed by atoms with Crippen molar-refractivity contribution in [2.75, 3.05) is 6.61 Å². The van der Waals surface area contributed by atoms with E-state index in [9.17, 15) is 4.79 Å². The summed E-state index contributed by atoms with van der Waals surface area (Å²) in [6.07, 6.45) is 9.57. The van der Waals surface area contributed by atoms with Crippen molar-refractivity contribution < 1.29 is 14.3 Å². The lowest BCUT2D eigenvalue weighted by Gasteiger charge is -2.27. The van der Waals surface area contributed by atoms with E-state index in [4.69, 9.17) is 9.47 Å². The first-order valence-corrected chi connectivity index (χ1v) is 11.5. The second kappa shape index (κ2) is 11.5. The van der Waals surface area contributed by atoms with Gasteiger partial charge < -0.3 is 9.47 Å². The fourth-order valence-electron chi connectivity index (χ4n) is 3.35. The van der Waals surface area contributed by atoms with E-state index in [1.54, 1.807) is 0 Å². The largest absolute Gasteiger partial charge is 0.425 e. The van der Waals surface area contributed by atoms with Crippen LogP contribution in [0.5, 0.6) is 5.75 Å². The van der Waals surface area contributed by atoms with Crippen LogP contribution in [-0.4, -0.2) is 18.7 Å². The molecule has 0 saturated heterocycles. The van der Waals surface area contributed by atoms with Gasteiger partial charge in [0.05, 0.1) is 16.5 Å². The van der Waals surface area contributed by atoms with E-state index in [1.807, 2.05) is 6.07 Å². The Bertz CT molecular complexity index is 581. The molecule has 0 bridgehead atoms. The Labute approximate surface area is 174 Å². The highest BCUT2D eigenvalue weighted by Crippen LogP contribution is 2.37. The van der Waals surface area contributed by atoms with Crippen molar-refractivity contribution >= 4 is 37.8 Å². The summed E-state index contributed by atoms with van der Waals surface area (Å²) in [4.78, 5) is 12.5. The van der Waals surface area contributed by atoms with E-state index in [0.717, 1.165) is 54.1 Å². The van der Waals surface area contributed by atoms with Gasteiger partial charge in [0.2, 0.25) is 0 Å². The molecule has 1 saturated carbocycles. The van der Waals surface area contributed by atoms with Gasteiger partial charge in [-0.05, 0) is 88.4 Å². The topological polar surface area (TPSA) is 35.5 Å². The van der Waals surface area contributed by atoms with E-state index >= 15 is 0 Å². The summed E-state index contributed by atoms with van der Waals surface area (Å²) < 4.78 is 13.3. The Balaban J connectivity index is 1.90. The molecular formula is C21H30Br2O3. The SMILES string of the molecule is CCCCCc1ccc(OC(=O)C2CCC(OCCC)CC2)c(Br)c1Br. The summed E-state index contributed by atoms with van der Waals surface area (Å²) >= 11 is 7.23.